The molecule has 0 saturated heterocycles. The Morgan fingerprint density at radius 3 is 2.63 bits per heavy atom. The van der Waals surface area contributed by atoms with Gasteiger partial charge in [0.05, 0.1) is 10.6 Å². The first-order valence-corrected chi connectivity index (χ1v) is 7.85. The second-order valence-electron chi connectivity index (χ2n) is 4.16. The standard InChI is InChI=1S/C14H15N3S2/c1-9-3-5-10(6-4-9)8-17-14-13(18-2)12(16)11(7-15)19-14/h3-6,17H,8,16H2,1-2H3. The number of nitriles is 1. The molecule has 0 aliphatic heterocycles. The first-order chi connectivity index (χ1) is 9.15. The van der Waals surface area contributed by atoms with Gasteiger partial charge in [-0.05, 0) is 18.7 Å². The molecule has 0 aliphatic rings. The van der Waals surface area contributed by atoms with Gasteiger partial charge in [0.25, 0.3) is 0 Å². The van der Waals surface area contributed by atoms with E-state index in [2.05, 4.69) is 42.6 Å². The average molecular weight is 289 g/mol. The molecule has 0 amide bonds. The van der Waals surface area contributed by atoms with Gasteiger partial charge < -0.3 is 11.1 Å². The third-order valence-electron chi connectivity index (χ3n) is 2.78. The normalized spacial score (nSPS) is 10.2. The molecule has 1 aromatic heterocycles. The van der Waals surface area contributed by atoms with E-state index < -0.39 is 0 Å². The van der Waals surface area contributed by atoms with E-state index in [4.69, 9.17) is 11.0 Å². The SMILES string of the molecule is CSc1c(NCc2ccc(C)cc2)sc(C#N)c1N. The molecule has 0 bridgehead atoms. The summed E-state index contributed by atoms with van der Waals surface area (Å²) in [5, 5.41) is 13.3. The zero-order valence-corrected chi connectivity index (χ0v) is 12.5. The van der Waals surface area contributed by atoms with Crippen molar-refractivity contribution in [1.82, 2.24) is 0 Å². The highest BCUT2D eigenvalue weighted by molar-refractivity contribution is 7.99. The van der Waals surface area contributed by atoms with Crippen LogP contribution in [-0.2, 0) is 6.54 Å². The van der Waals surface area contributed by atoms with E-state index in [1.165, 1.54) is 22.5 Å². The van der Waals surface area contributed by atoms with Crippen molar-refractivity contribution >= 4 is 33.8 Å². The van der Waals surface area contributed by atoms with Gasteiger partial charge in [-0.25, -0.2) is 0 Å². The topological polar surface area (TPSA) is 61.8 Å². The van der Waals surface area contributed by atoms with Crippen LogP contribution in [-0.4, -0.2) is 6.26 Å². The van der Waals surface area contributed by atoms with Crippen molar-refractivity contribution in [2.75, 3.05) is 17.3 Å². The van der Waals surface area contributed by atoms with E-state index in [1.54, 1.807) is 11.8 Å². The molecule has 5 heteroatoms. The van der Waals surface area contributed by atoms with E-state index >= 15 is 0 Å². The Hall–Kier alpha value is -1.64. The number of thiophene rings is 1. The molecule has 1 aromatic carbocycles. The maximum Gasteiger partial charge on any atom is 0.131 e. The molecule has 0 aliphatic carbocycles. The minimum Gasteiger partial charge on any atom is -0.396 e. The summed E-state index contributed by atoms with van der Waals surface area (Å²) >= 11 is 2.98. The lowest BCUT2D eigenvalue weighted by Crippen LogP contribution is -1.98. The van der Waals surface area contributed by atoms with Crippen molar-refractivity contribution in [1.29, 1.82) is 5.26 Å². The molecule has 2 aromatic rings. The number of nitrogens with two attached hydrogens (primary N) is 1. The number of rotatable bonds is 4. The van der Waals surface area contributed by atoms with E-state index in [-0.39, 0.29) is 0 Å². The number of benzene rings is 1. The van der Waals surface area contributed by atoms with Crippen LogP contribution in [0.4, 0.5) is 10.7 Å². The fourth-order valence-electron chi connectivity index (χ4n) is 1.72. The van der Waals surface area contributed by atoms with Crippen molar-refractivity contribution in [2.24, 2.45) is 0 Å². The van der Waals surface area contributed by atoms with E-state index in [0.717, 1.165) is 16.4 Å². The predicted octanol–water partition coefficient (Wildman–Crippen LogP) is 3.84. The van der Waals surface area contributed by atoms with Gasteiger partial charge >= 0.3 is 0 Å². The number of nitrogens with zero attached hydrogens (tertiary/aromatic N) is 1. The van der Waals surface area contributed by atoms with Crippen LogP contribution < -0.4 is 11.1 Å². The van der Waals surface area contributed by atoms with E-state index in [9.17, 15) is 0 Å². The van der Waals surface area contributed by atoms with Crippen LogP contribution in [0, 0.1) is 18.3 Å². The molecule has 1 heterocycles. The van der Waals surface area contributed by atoms with Gasteiger partial charge in [-0.15, -0.1) is 23.1 Å². The molecule has 3 nitrogen and oxygen atoms in total. The molecular weight excluding hydrogens is 274 g/mol. The van der Waals surface area contributed by atoms with Crippen LogP contribution in [0.5, 0.6) is 0 Å². The predicted molar refractivity (Wildman–Crippen MR) is 83.7 cm³/mol. The van der Waals surface area contributed by atoms with Crippen LogP contribution in [0.1, 0.15) is 16.0 Å². The highest BCUT2D eigenvalue weighted by atomic mass is 32.2. The Balaban J connectivity index is 2.15. The van der Waals surface area contributed by atoms with Crippen LogP contribution in [0.2, 0.25) is 0 Å². The van der Waals surface area contributed by atoms with Gasteiger partial charge in [-0.1, -0.05) is 29.8 Å². The van der Waals surface area contributed by atoms with Gasteiger partial charge in [0.2, 0.25) is 0 Å². The summed E-state index contributed by atoms with van der Waals surface area (Å²) in [5.41, 5.74) is 8.99. The molecule has 0 radical (unpaired) electrons. The molecule has 0 saturated carbocycles. The molecular formula is C14H15N3S2. The van der Waals surface area contributed by atoms with Crippen molar-refractivity contribution < 1.29 is 0 Å². The lowest BCUT2D eigenvalue weighted by Gasteiger charge is -2.06. The van der Waals surface area contributed by atoms with Gasteiger partial charge in [-0.2, -0.15) is 5.26 Å². The lowest BCUT2D eigenvalue weighted by atomic mass is 10.1. The van der Waals surface area contributed by atoms with Gasteiger partial charge in [0.15, 0.2) is 0 Å². The second kappa shape index (κ2) is 6.00. The number of aryl methyl sites for hydroxylation is 1. The Kier molecular flexibility index (Phi) is 4.35. The highest BCUT2D eigenvalue weighted by Crippen LogP contribution is 2.41. The maximum absolute atomic E-state index is 9.01. The number of nitrogen functional groups attached to an aromatic ring is 1. The molecule has 0 fully saturated rings. The number of thioether (sulfide) groups is 1. The van der Waals surface area contributed by atoms with Gasteiger partial charge in [0, 0.05) is 6.54 Å². The zero-order chi connectivity index (χ0) is 13.8. The summed E-state index contributed by atoms with van der Waals surface area (Å²) < 4.78 is 0. The molecule has 0 spiro atoms. The summed E-state index contributed by atoms with van der Waals surface area (Å²) in [6, 6.07) is 10.5. The van der Waals surface area contributed by atoms with Crippen LogP contribution in [0.3, 0.4) is 0 Å². The monoisotopic (exact) mass is 289 g/mol. The van der Waals surface area contributed by atoms with Crippen LogP contribution in [0.15, 0.2) is 29.2 Å². The fraction of sp³-hybridized carbons (Fsp3) is 0.214. The largest absolute Gasteiger partial charge is 0.396 e. The summed E-state index contributed by atoms with van der Waals surface area (Å²) in [6.45, 7) is 2.81. The third-order valence-corrected chi connectivity index (χ3v) is 4.81. The summed E-state index contributed by atoms with van der Waals surface area (Å²) in [7, 11) is 0. The first kappa shape index (κ1) is 13.8. The van der Waals surface area contributed by atoms with E-state index in [0.29, 0.717) is 10.6 Å². The van der Waals surface area contributed by atoms with Crippen molar-refractivity contribution in [3.05, 3.63) is 40.3 Å². The highest BCUT2D eigenvalue weighted by Gasteiger charge is 2.14. The van der Waals surface area contributed by atoms with E-state index in [1.807, 2.05) is 6.26 Å². The first-order valence-electron chi connectivity index (χ1n) is 5.81. The maximum atomic E-state index is 9.01. The van der Waals surface area contributed by atoms with Crippen molar-refractivity contribution in [2.45, 2.75) is 18.4 Å². The third kappa shape index (κ3) is 3.03. The molecule has 0 atom stereocenters. The molecule has 19 heavy (non-hydrogen) atoms. The van der Waals surface area contributed by atoms with Crippen LogP contribution >= 0.6 is 23.1 Å². The Morgan fingerprint density at radius 1 is 1.37 bits per heavy atom. The van der Waals surface area contributed by atoms with Crippen LogP contribution in [0.25, 0.3) is 0 Å². The lowest BCUT2D eigenvalue weighted by molar-refractivity contribution is 1.14. The number of hydrogen-bond acceptors (Lipinski definition) is 5. The Morgan fingerprint density at radius 2 is 2.05 bits per heavy atom. The molecule has 98 valence electrons. The molecule has 0 unspecified atom stereocenters. The van der Waals surface area contributed by atoms with Gasteiger partial charge in [0.1, 0.15) is 15.9 Å². The Labute approximate surface area is 121 Å². The molecule has 3 N–H and O–H groups in total. The quantitative estimate of drug-likeness (QED) is 0.839. The Bertz CT molecular complexity index is 609. The number of anilines is 2. The molecule has 2 rings (SSSR count). The number of nitrogens with one attached hydrogen (secondary N) is 1. The average Bonchev–Trinajstić information content (AvgIpc) is 2.73. The van der Waals surface area contributed by atoms with Crippen molar-refractivity contribution in [3.8, 4) is 6.07 Å². The second-order valence-corrected chi connectivity index (χ2v) is 6.00. The minimum atomic E-state index is 0.579. The summed E-state index contributed by atoms with van der Waals surface area (Å²) in [4.78, 5) is 1.55. The van der Waals surface area contributed by atoms with Crippen molar-refractivity contribution in [3.63, 3.8) is 0 Å². The summed E-state index contributed by atoms with van der Waals surface area (Å²) in [5.74, 6) is 0. The van der Waals surface area contributed by atoms with Gasteiger partial charge in [-0.3, -0.25) is 0 Å². The number of hydrogen-bond donors (Lipinski definition) is 2. The zero-order valence-electron chi connectivity index (χ0n) is 10.9. The smallest absolute Gasteiger partial charge is 0.131 e. The fourth-order valence-corrected chi connectivity index (χ4v) is 3.55. The minimum absolute atomic E-state index is 0.579. The summed E-state index contributed by atoms with van der Waals surface area (Å²) in [6.07, 6.45) is 1.97.